The fourth-order valence-electron chi connectivity index (χ4n) is 2.89. The number of benzene rings is 3. The number of hydrogen-bond acceptors (Lipinski definition) is 6. The van der Waals surface area contributed by atoms with E-state index < -0.39 is 0 Å². The summed E-state index contributed by atoms with van der Waals surface area (Å²) in [6.07, 6.45) is 1.52. The smallest absolute Gasteiger partial charge is 0.271 e. The van der Waals surface area contributed by atoms with E-state index in [1.165, 1.54) is 6.21 Å². The van der Waals surface area contributed by atoms with Gasteiger partial charge in [-0.3, -0.25) is 4.79 Å². The molecule has 0 saturated carbocycles. The average molecular weight is 404 g/mol. The summed E-state index contributed by atoms with van der Waals surface area (Å²) in [5.41, 5.74) is 4.69. The summed E-state index contributed by atoms with van der Waals surface area (Å²) in [4.78, 5) is 12.3. The number of hydrazone groups is 1. The minimum absolute atomic E-state index is 0.148. The molecule has 0 aromatic heterocycles. The highest BCUT2D eigenvalue weighted by Gasteiger charge is 2.19. The van der Waals surface area contributed by atoms with Crippen LogP contribution in [-0.4, -0.2) is 26.0 Å². The van der Waals surface area contributed by atoms with Crippen molar-refractivity contribution in [1.29, 1.82) is 0 Å². The van der Waals surface area contributed by atoms with Crippen molar-refractivity contribution in [1.82, 2.24) is 5.43 Å². The van der Waals surface area contributed by atoms with Gasteiger partial charge in [0.15, 0.2) is 11.5 Å². The van der Waals surface area contributed by atoms with Gasteiger partial charge in [0.05, 0.1) is 13.3 Å². The van der Waals surface area contributed by atoms with Crippen molar-refractivity contribution in [3.8, 4) is 23.0 Å². The van der Waals surface area contributed by atoms with Crippen molar-refractivity contribution in [3.05, 3.63) is 83.4 Å². The Bertz CT molecular complexity index is 1050. The molecular formula is C23H20N2O5. The van der Waals surface area contributed by atoms with Crippen LogP contribution in [0.2, 0.25) is 0 Å². The summed E-state index contributed by atoms with van der Waals surface area (Å²) in [7, 11) is 1.55. The Hall–Kier alpha value is -4.00. The van der Waals surface area contributed by atoms with Crippen molar-refractivity contribution in [2.24, 2.45) is 5.10 Å². The Morgan fingerprint density at radius 2 is 1.90 bits per heavy atom. The predicted molar refractivity (Wildman–Crippen MR) is 111 cm³/mol. The lowest BCUT2D eigenvalue weighted by Crippen LogP contribution is -2.17. The molecule has 0 radical (unpaired) electrons. The maximum atomic E-state index is 12.3. The molecule has 1 heterocycles. The lowest BCUT2D eigenvalue weighted by molar-refractivity contribution is 0.0955. The normalized spacial score (nSPS) is 12.0. The van der Waals surface area contributed by atoms with Crippen LogP contribution in [0.3, 0.4) is 0 Å². The Kier molecular flexibility index (Phi) is 5.80. The number of fused-ring (bicyclic) bond motifs is 1. The standard InChI is InChI=1S/C23H20N2O5/c1-27-20-11-17(12-21-22(20)30-15-29-21)13-24-25-23(26)18-9-7-16(8-10-18)14-28-19-5-3-2-4-6-19/h2-13H,14-15H2,1H3,(H,25,26)/b24-13-. The van der Waals surface area contributed by atoms with Gasteiger partial charge in [0.1, 0.15) is 12.4 Å². The summed E-state index contributed by atoms with van der Waals surface area (Å²) in [5.74, 6) is 2.18. The van der Waals surface area contributed by atoms with Crippen LogP contribution in [0.5, 0.6) is 23.0 Å². The molecule has 0 spiro atoms. The number of para-hydroxylation sites is 1. The Morgan fingerprint density at radius 1 is 1.10 bits per heavy atom. The molecule has 30 heavy (non-hydrogen) atoms. The van der Waals surface area contributed by atoms with Gasteiger partial charge in [-0.05, 0) is 42.0 Å². The van der Waals surface area contributed by atoms with Crippen LogP contribution in [0, 0.1) is 0 Å². The fraction of sp³-hybridized carbons (Fsp3) is 0.130. The SMILES string of the molecule is COc1cc(/C=N\NC(=O)c2ccc(COc3ccccc3)cc2)cc2c1OCO2. The van der Waals surface area contributed by atoms with E-state index in [2.05, 4.69) is 10.5 Å². The highest BCUT2D eigenvalue weighted by Crippen LogP contribution is 2.41. The molecule has 0 bridgehead atoms. The lowest BCUT2D eigenvalue weighted by Gasteiger charge is -2.07. The van der Waals surface area contributed by atoms with Crippen LogP contribution in [0.1, 0.15) is 21.5 Å². The quantitative estimate of drug-likeness (QED) is 0.479. The number of methoxy groups -OCH3 is 1. The number of nitrogens with zero attached hydrogens (tertiary/aromatic N) is 1. The van der Waals surface area contributed by atoms with Crippen molar-refractivity contribution in [2.45, 2.75) is 6.61 Å². The summed E-state index contributed by atoms with van der Waals surface area (Å²) < 4.78 is 21.7. The molecule has 0 fully saturated rings. The van der Waals surface area contributed by atoms with Crippen LogP contribution >= 0.6 is 0 Å². The van der Waals surface area contributed by atoms with E-state index in [0.29, 0.717) is 35.0 Å². The van der Waals surface area contributed by atoms with Gasteiger partial charge in [-0.1, -0.05) is 30.3 Å². The number of ether oxygens (including phenoxy) is 4. The summed E-state index contributed by atoms with van der Waals surface area (Å²) in [6, 6.07) is 20.3. The molecule has 3 aromatic carbocycles. The molecule has 1 N–H and O–H groups in total. The average Bonchev–Trinajstić information content (AvgIpc) is 3.27. The maximum absolute atomic E-state index is 12.3. The zero-order valence-corrected chi connectivity index (χ0v) is 16.3. The van der Waals surface area contributed by atoms with E-state index in [1.54, 1.807) is 31.4 Å². The van der Waals surface area contributed by atoms with Crippen molar-refractivity contribution in [2.75, 3.05) is 13.9 Å². The van der Waals surface area contributed by atoms with E-state index in [1.807, 2.05) is 42.5 Å². The van der Waals surface area contributed by atoms with Crippen LogP contribution in [0.4, 0.5) is 0 Å². The van der Waals surface area contributed by atoms with Crippen LogP contribution in [-0.2, 0) is 6.61 Å². The summed E-state index contributed by atoms with van der Waals surface area (Å²) in [6.45, 7) is 0.575. The van der Waals surface area contributed by atoms with E-state index in [4.69, 9.17) is 18.9 Å². The highest BCUT2D eigenvalue weighted by atomic mass is 16.7. The molecule has 0 atom stereocenters. The Labute approximate surface area is 173 Å². The monoisotopic (exact) mass is 404 g/mol. The second kappa shape index (κ2) is 9.00. The van der Waals surface area contributed by atoms with E-state index >= 15 is 0 Å². The summed E-state index contributed by atoms with van der Waals surface area (Å²) in [5, 5.41) is 4.02. The number of hydrogen-bond donors (Lipinski definition) is 1. The molecule has 1 aliphatic heterocycles. The van der Waals surface area contributed by atoms with Gasteiger partial charge in [-0.15, -0.1) is 0 Å². The molecule has 3 aromatic rings. The van der Waals surface area contributed by atoms with E-state index in [0.717, 1.165) is 11.3 Å². The van der Waals surface area contributed by atoms with Crippen LogP contribution in [0.15, 0.2) is 71.8 Å². The second-order valence-corrected chi connectivity index (χ2v) is 6.45. The fourth-order valence-corrected chi connectivity index (χ4v) is 2.89. The highest BCUT2D eigenvalue weighted by molar-refractivity contribution is 5.95. The minimum atomic E-state index is -0.311. The molecule has 7 nitrogen and oxygen atoms in total. The first-order chi connectivity index (χ1) is 14.7. The number of rotatable bonds is 7. The molecular weight excluding hydrogens is 384 g/mol. The zero-order chi connectivity index (χ0) is 20.8. The van der Waals surface area contributed by atoms with Gasteiger partial charge in [0.25, 0.3) is 5.91 Å². The molecule has 7 heteroatoms. The number of nitrogens with one attached hydrogen (secondary N) is 1. The third kappa shape index (κ3) is 4.52. The minimum Gasteiger partial charge on any atom is -0.493 e. The van der Waals surface area contributed by atoms with Crippen LogP contribution < -0.4 is 24.4 Å². The van der Waals surface area contributed by atoms with Gasteiger partial charge in [-0.2, -0.15) is 5.10 Å². The first-order valence-corrected chi connectivity index (χ1v) is 9.31. The number of amides is 1. The van der Waals surface area contributed by atoms with Crippen molar-refractivity contribution in [3.63, 3.8) is 0 Å². The van der Waals surface area contributed by atoms with Crippen LogP contribution in [0.25, 0.3) is 0 Å². The van der Waals surface area contributed by atoms with Gasteiger partial charge in [0, 0.05) is 11.1 Å². The molecule has 1 aliphatic rings. The van der Waals surface area contributed by atoms with Crippen molar-refractivity contribution >= 4 is 12.1 Å². The maximum Gasteiger partial charge on any atom is 0.271 e. The third-order valence-corrected chi connectivity index (χ3v) is 4.43. The second-order valence-electron chi connectivity index (χ2n) is 6.45. The number of carbonyl (C=O) groups is 1. The van der Waals surface area contributed by atoms with Gasteiger partial charge >= 0.3 is 0 Å². The first-order valence-electron chi connectivity index (χ1n) is 9.31. The van der Waals surface area contributed by atoms with Crippen molar-refractivity contribution < 1.29 is 23.7 Å². The molecule has 4 rings (SSSR count). The molecule has 152 valence electrons. The third-order valence-electron chi connectivity index (χ3n) is 4.43. The topological polar surface area (TPSA) is 78.4 Å². The Balaban J connectivity index is 1.34. The van der Waals surface area contributed by atoms with E-state index in [9.17, 15) is 4.79 Å². The summed E-state index contributed by atoms with van der Waals surface area (Å²) >= 11 is 0. The Morgan fingerprint density at radius 3 is 2.67 bits per heavy atom. The van der Waals surface area contributed by atoms with Gasteiger partial charge < -0.3 is 18.9 Å². The number of carbonyl (C=O) groups excluding carboxylic acids is 1. The predicted octanol–water partition coefficient (Wildman–Crippen LogP) is 3.77. The first kappa shape index (κ1) is 19.3. The molecule has 0 unspecified atom stereocenters. The molecule has 0 aliphatic carbocycles. The van der Waals surface area contributed by atoms with E-state index in [-0.39, 0.29) is 12.7 Å². The zero-order valence-electron chi connectivity index (χ0n) is 16.3. The van der Waals surface area contributed by atoms with Gasteiger partial charge in [0.2, 0.25) is 12.5 Å². The van der Waals surface area contributed by atoms with Gasteiger partial charge in [-0.25, -0.2) is 5.43 Å². The molecule has 1 amide bonds. The molecule has 0 saturated heterocycles. The lowest BCUT2D eigenvalue weighted by atomic mass is 10.1. The largest absolute Gasteiger partial charge is 0.493 e.